The van der Waals surface area contributed by atoms with Crippen molar-refractivity contribution in [3.8, 4) is 22.8 Å². The van der Waals surface area contributed by atoms with Crippen molar-refractivity contribution in [1.29, 1.82) is 0 Å². The van der Waals surface area contributed by atoms with Crippen molar-refractivity contribution in [2.45, 2.75) is 19.4 Å². The zero-order chi connectivity index (χ0) is 28.2. The summed E-state index contributed by atoms with van der Waals surface area (Å²) in [7, 11) is 9.43. The van der Waals surface area contributed by atoms with Crippen LogP contribution < -0.4 is 25.4 Å². The number of hydrogen-bond donors (Lipinski definition) is 2. The van der Waals surface area contributed by atoms with Gasteiger partial charge in [0.25, 0.3) is 0 Å². The monoisotopic (exact) mass is 545 g/mol. The first-order chi connectivity index (χ1) is 19.4. The minimum atomic E-state index is 0.399. The number of anilines is 4. The molecule has 3 heterocycles. The number of ether oxygens (including phenoxy) is 3. The lowest BCUT2D eigenvalue weighted by Crippen LogP contribution is -2.29. The molecule has 2 aromatic heterocycles. The number of aromatic nitrogens is 3. The maximum absolute atomic E-state index is 6.49. The van der Waals surface area contributed by atoms with Crippen molar-refractivity contribution in [2.24, 2.45) is 0 Å². The molecule has 1 aliphatic rings. The number of hydrogen-bond acceptors (Lipinski definition) is 9. The van der Waals surface area contributed by atoms with E-state index in [2.05, 4.69) is 63.2 Å². The van der Waals surface area contributed by atoms with E-state index in [0.717, 1.165) is 54.8 Å². The number of nitrogen functional groups attached to an aromatic ring is 1. The van der Waals surface area contributed by atoms with Crippen LogP contribution in [0.15, 0.2) is 42.7 Å². The average molecular weight is 546 g/mol. The average Bonchev–Trinajstić information content (AvgIpc) is 3.33. The Hall–Kier alpha value is -4.02. The zero-order valence-electron chi connectivity index (χ0n) is 24.0. The molecule has 0 atom stereocenters. The second-order valence-corrected chi connectivity index (χ2v) is 10.4. The van der Waals surface area contributed by atoms with Gasteiger partial charge in [-0.3, -0.25) is 0 Å². The van der Waals surface area contributed by atoms with Crippen LogP contribution in [0.25, 0.3) is 22.2 Å². The lowest BCUT2D eigenvalue weighted by Gasteiger charge is -2.24. The largest absolute Gasteiger partial charge is 0.494 e. The van der Waals surface area contributed by atoms with Crippen molar-refractivity contribution < 1.29 is 14.2 Å². The standard InChI is InChI=1S/C30H39N7O3/c1-35(2)12-13-36(3)25-17-26(39-5)24(16-23(25)31)33-30-32-18-27(40-15-14-38-4)28(34-30)22-19-37-11-7-9-20-8-6-10-21(22)29(20)37/h6,8,10,16-19H,7,9,11-15,31H2,1-5H3,(H,32,33,34). The van der Waals surface area contributed by atoms with Crippen LogP contribution in [-0.4, -0.2) is 81.1 Å². The van der Waals surface area contributed by atoms with Gasteiger partial charge in [0.2, 0.25) is 5.95 Å². The van der Waals surface area contributed by atoms with Gasteiger partial charge in [0.15, 0.2) is 5.75 Å². The third-order valence-corrected chi connectivity index (χ3v) is 7.27. The van der Waals surface area contributed by atoms with Crippen LogP contribution in [0.5, 0.6) is 11.5 Å². The Balaban J connectivity index is 1.52. The van der Waals surface area contributed by atoms with Crippen LogP contribution in [0.3, 0.4) is 0 Å². The second-order valence-electron chi connectivity index (χ2n) is 10.4. The molecule has 0 bridgehead atoms. The van der Waals surface area contributed by atoms with Crippen molar-refractivity contribution in [3.63, 3.8) is 0 Å². The molecular weight excluding hydrogens is 506 g/mol. The highest BCUT2D eigenvalue weighted by Gasteiger charge is 2.21. The molecule has 0 amide bonds. The van der Waals surface area contributed by atoms with Gasteiger partial charge < -0.3 is 39.6 Å². The molecule has 212 valence electrons. The molecule has 3 N–H and O–H groups in total. The van der Waals surface area contributed by atoms with Crippen LogP contribution in [-0.2, 0) is 17.7 Å². The van der Waals surface area contributed by atoms with Gasteiger partial charge in [0, 0.05) is 57.0 Å². The molecule has 0 radical (unpaired) electrons. The summed E-state index contributed by atoms with van der Waals surface area (Å²) >= 11 is 0. The van der Waals surface area contributed by atoms with E-state index < -0.39 is 0 Å². The first kappa shape index (κ1) is 27.5. The van der Waals surface area contributed by atoms with Crippen LogP contribution in [0.2, 0.25) is 0 Å². The van der Waals surface area contributed by atoms with E-state index >= 15 is 0 Å². The molecule has 0 fully saturated rings. The summed E-state index contributed by atoms with van der Waals surface area (Å²) in [5.74, 6) is 1.68. The molecule has 1 aliphatic heterocycles. The number of benzene rings is 2. The fourth-order valence-electron chi connectivity index (χ4n) is 5.18. The highest BCUT2D eigenvalue weighted by Crippen LogP contribution is 2.40. The van der Waals surface area contributed by atoms with E-state index in [-0.39, 0.29) is 0 Å². The van der Waals surface area contributed by atoms with Gasteiger partial charge in [-0.2, -0.15) is 0 Å². The quantitative estimate of drug-likeness (QED) is 0.198. The number of nitrogens with zero attached hydrogens (tertiary/aromatic N) is 5. The molecule has 0 aliphatic carbocycles. The zero-order valence-corrected chi connectivity index (χ0v) is 24.0. The Kier molecular flexibility index (Phi) is 8.27. The van der Waals surface area contributed by atoms with Crippen LogP contribution in [0, 0.1) is 0 Å². The molecule has 10 heteroatoms. The smallest absolute Gasteiger partial charge is 0.228 e. The minimum absolute atomic E-state index is 0.399. The van der Waals surface area contributed by atoms with E-state index in [1.807, 2.05) is 19.2 Å². The van der Waals surface area contributed by atoms with Gasteiger partial charge >= 0.3 is 0 Å². The number of aryl methyl sites for hydroxylation is 2. The second kappa shape index (κ2) is 12.0. The summed E-state index contributed by atoms with van der Waals surface area (Å²) in [6.45, 7) is 3.59. The number of nitrogens with two attached hydrogens (primary N) is 1. The van der Waals surface area contributed by atoms with Crippen molar-refractivity contribution in [2.75, 3.05) is 77.6 Å². The number of nitrogens with one attached hydrogen (secondary N) is 1. The molecule has 4 aromatic rings. The Labute approximate surface area is 235 Å². The number of rotatable bonds is 12. The summed E-state index contributed by atoms with van der Waals surface area (Å²) in [6, 6.07) is 10.3. The SMILES string of the molecule is COCCOc1cnc(Nc2cc(N)c(N(C)CCN(C)C)cc2OC)nc1-c1cn2c3c(cccc13)CCC2. The summed E-state index contributed by atoms with van der Waals surface area (Å²) in [5.41, 5.74) is 13.1. The molecule has 10 nitrogen and oxygen atoms in total. The first-order valence-electron chi connectivity index (χ1n) is 13.6. The van der Waals surface area contributed by atoms with Crippen LogP contribution >= 0.6 is 0 Å². The molecule has 0 saturated heterocycles. The number of methoxy groups -OCH3 is 2. The van der Waals surface area contributed by atoms with Gasteiger partial charge in [-0.1, -0.05) is 18.2 Å². The maximum Gasteiger partial charge on any atom is 0.228 e. The van der Waals surface area contributed by atoms with E-state index in [0.29, 0.717) is 42.0 Å². The summed E-state index contributed by atoms with van der Waals surface area (Å²) in [4.78, 5) is 13.8. The van der Waals surface area contributed by atoms with Crippen LogP contribution in [0.4, 0.5) is 23.0 Å². The van der Waals surface area contributed by atoms with Crippen LogP contribution in [0.1, 0.15) is 12.0 Å². The van der Waals surface area contributed by atoms with Gasteiger partial charge in [-0.05, 0) is 38.6 Å². The molecular formula is C30H39N7O3. The van der Waals surface area contributed by atoms with Crippen molar-refractivity contribution in [1.82, 2.24) is 19.4 Å². The summed E-state index contributed by atoms with van der Waals surface area (Å²) in [5, 5.41) is 4.49. The van der Waals surface area contributed by atoms with E-state index in [1.54, 1.807) is 20.4 Å². The van der Waals surface area contributed by atoms with Crippen molar-refractivity contribution >= 4 is 33.9 Å². The Bertz CT molecular complexity index is 1480. The Morgan fingerprint density at radius 1 is 1.07 bits per heavy atom. The minimum Gasteiger partial charge on any atom is -0.494 e. The number of para-hydroxylation sites is 1. The predicted octanol–water partition coefficient (Wildman–Crippen LogP) is 4.40. The molecule has 40 heavy (non-hydrogen) atoms. The van der Waals surface area contributed by atoms with Gasteiger partial charge in [-0.15, -0.1) is 0 Å². The number of likely N-dealkylation sites (N-methyl/N-ethyl adjacent to an activating group) is 2. The van der Waals surface area contributed by atoms with Crippen molar-refractivity contribution in [3.05, 3.63) is 48.3 Å². The highest BCUT2D eigenvalue weighted by atomic mass is 16.5. The fraction of sp³-hybridized carbons (Fsp3) is 0.400. The van der Waals surface area contributed by atoms with E-state index in [1.165, 1.54) is 11.1 Å². The van der Waals surface area contributed by atoms with Gasteiger partial charge in [0.1, 0.15) is 18.1 Å². The van der Waals surface area contributed by atoms with E-state index in [4.69, 9.17) is 24.9 Å². The third-order valence-electron chi connectivity index (χ3n) is 7.27. The topological polar surface area (TPSA) is 103 Å². The Morgan fingerprint density at radius 2 is 1.93 bits per heavy atom. The summed E-state index contributed by atoms with van der Waals surface area (Å²) < 4.78 is 19.3. The lowest BCUT2D eigenvalue weighted by molar-refractivity contribution is 0.146. The van der Waals surface area contributed by atoms with Gasteiger partial charge in [-0.25, -0.2) is 9.97 Å². The normalized spacial score (nSPS) is 12.7. The lowest BCUT2D eigenvalue weighted by atomic mass is 10.0. The summed E-state index contributed by atoms with van der Waals surface area (Å²) in [6.07, 6.45) is 6.09. The molecule has 5 rings (SSSR count). The third kappa shape index (κ3) is 5.64. The first-order valence-corrected chi connectivity index (χ1v) is 13.6. The molecule has 0 unspecified atom stereocenters. The van der Waals surface area contributed by atoms with E-state index in [9.17, 15) is 0 Å². The fourth-order valence-corrected chi connectivity index (χ4v) is 5.18. The van der Waals surface area contributed by atoms with Gasteiger partial charge in [0.05, 0.1) is 42.5 Å². The Morgan fingerprint density at radius 3 is 2.70 bits per heavy atom. The maximum atomic E-state index is 6.49. The molecule has 0 saturated carbocycles. The highest BCUT2D eigenvalue weighted by molar-refractivity contribution is 5.98. The predicted molar refractivity (Wildman–Crippen MR) is 161 cm³/mol. The molecule has 0 spiro atoms. The molecule has 2 aromatic carbocycles.